The van der Waals surface area contributed by atoms with E-state index < -0.39 is 21.7 Å². The number of nitrogens with zero attached hydrogens (tertiary/aromatic N) is 3. The van der Waals surface area contributed by atoms with Crippen LogP contribution in [0, 0.1) is 15.5 Å². The molecule has 2 amide bonds. The van der Waals surface area contributed by atoms with Gasteiger partial charge in [-0.3, -0.25) is 30.6 Å². The standard InChI is InChI=1S/C23H21N5O4/c1-22(2)14-11-12-23(22,19-18(14)24-15-8-4-5-9-16(15)25-19)21(30)27-26-20(29)13-7-3-6-10-17(13)28(31)32/h3-10,14H,11-12H2,1-2H3,(H,26,29)(H,27,30). The van der Waals surface area contributed by atoms with Gasteiger partial charge in [0.1, 0.15) is 11.0 Å². The average Bonchev–Trinajstić information content (AvgIpc) is 3.16. The number of nitro groups is 1. The first-order valence-corrected chi connectivity index (χ1v) is 10.4. The summed E-state index contributed by atoms with van der Waals surface area (Å²) in [5, 5.41) is 11.2. The highest BCUT2D eigenvalue weighted by atomic mass is 16.6. The molecular formula is C23H21N5O4. The van der Waals surface area contributed by atoms with Crippen LogP contribution in [0.5, 0.6) is 0 Å². The molecule has 1 fully saturated rings. The Labute approximate surface area is 183 Å². The van der Waals surface area contributed by atoms with E-state index in [1.807, 2.05) is 38.1 Å². The molecule has 2 bridgehead atoms. The molecule has 9 nitrogen and oxygen atoms in total. The molecule has 162 valence electrons. The molecule has 2 aromatic carbocycles. The van der Waals surface area contributed by atoms with Crippen molar-refractivity contribution in [2.75, 3.05) is 0 Å². The molecule has 32 heavy (non-hydrogen) atoms. The summed E-state index contributed by atoms with van der Waals surface area (Å²) in [5.74, 6) is -1.07. The van der Waals surface area contributed by atoms with Crippen molar-refractivity contribution in [3.63, 3.8) is 0 Å². The maximum absolute atomic E-state index is 13.6. The van der Waals surface area contributed by atoms with Crippen molar-refractivity contribution >= 4 is 28.5 Å². The molecule has 0 saturated heterocycles. The molecule has 1 heterocycles. The van der Waals surface area contributed by atoms with Crippen LogP contribution >= 0.6 is 0 Å². The van der Waals surface area contributed by atoms with Gasteiger partial charge in [0.2, 0.25) is 0 Å². The second kappa shape index (κ2) is 6.81. The van der Waals surface area contributed by atoms with E-state index >= 15 is 0 Å². The lowest BCUT2D eigenvalue weighted by molar-refractivity contribution is -0.385. The van der Waals surface area contributed by atoms with Crippen LogP contribution in [-0.4, -0.2) is 26.7 Å². The lowest BCUT2D eigenvalue weighted by Gasteiger charge is -2.36. The van der Waals surface area contributed by atoms with Crippen LogP contribution in [0.1, 0.15) is 54.4 Å². The second-order valence-electron chi connectivity index (χ2n) is 8.85. The van der Waals surface area contributed by atoms with E-state index in [9.17, 15) is 19.7 Å². The van der Waals surface area contributed by atoms with Gasteiger partial charge in [-0.2, -0.15) is 0 Å². The zero-order valence-electron chi connectivity index (χ0n) is 17.6. The summed E-state index contributed by atoms with van der Waals surface area (Å²) in [6.45, 7) is 4.06. The molecule has 0 radical (unpaired) electrons. The molecular weight excluding hydrogens is 410 g/mol. The van der Waals surface area contributed by atoms with E-state index in [-0.39, 0.29) is 23.1 Å². The first kappa shape index (κ1) is 20.0. The fraction of sp³-hybridized carbons (Fsp3) is 0.304. The fourth-order valence-corrected chi connectivity index (χ4v) is 5.44. The average molecular weight is 431 g/mol. The Hall–Kier alpha value is -3.88. The Morgan fingerprint density at radius 1 is 1.03 bits per heavy atom. The van der Waals surface area contributed by atoms with Crippen LogP contribution in [0.15, 0.2) is 48.5 Å². The minimum absolute atomic E-state index is 0.0752. The summed E-state index contributed by atoms with van der Waals surface area (Å²) >= 11 is 0. The lowest BCUT2D eigenvalue weighted by Crippen LogP contribution is -2.55. The number of carbonyl (C=O) groups excluding carboxylic acids is 2. The molecule has 2 unspecified atom stereocenters. The van der Waals surface area contributed by atoms with Gasteiger partial charge in [-0.25, -0.2) is 9.97 Å². The van der Waals surface area contributed by atoms with Crippen LogP contribution in [0.4, 0.5) is 5.69 Å². The number of nitro benzene ring substituents is 1. The van der Waals surface area contributed by atoms with Gasteiger partial charge in [-0.1, -0.05) is 38.1 Å². The molecule has 2 N–H and O–H groups in total. The lowest BCUT2D eigenvalue weighted by atomic mass is 9.68. The molecule has 3 aromatic rings. The van der Waals surface area contributed by atoms with Gasteiger partial charge >= 0.3 is 0 Å². The second-order valence-corrected chi connectivity index (χ2v) is 8.85. The molecule has 2 aliphatic rings. The zero-order chi connectivity index (χ0) is 22.7. The molecule has 5 rings (SSSR count). The van der Waals surface area contributed by atoms with E-state index in [0.29, 0.717) is 17.6 Å². The van der Waals surface area contributed by atoms with Gasteiger partial charge in [-0.15, -0.1) is 0 Å². The number of fused-ring (bicyclic) bond motifs is 6. The number of carbonyl (C=O) groups is 2. The zero-order valence-corrected chi connectivity index (χ0v) is 17.6. The largest absolute Gasteiger partial charge is 0.282 e. The number of amides is 2. The smallest absolute Gasteiger partial charge is 0.272 e. The van der Waals surface area contributed by atoms with Crippen LogP contribution in [-0.2, 0) is 10.2 Å². The highest BCUT2D eigenvalue weighted by Gasteiger charge is 2.68. The summed E-state index contributed by atoms with van der Waals surface area (Å²) in [6, 6.07) is 13.1. The van der Waals surface area contributed by atoms with Crippen molar-refractivity contribution in [3.05, 3.63) is 75.6 Å². The maximum Gasteiger partial charge on any atom is 0.282 e. The van der Waals surface area contributed by atoms with Crippen molar-refractivity contribution in [3.8, 4) is 0 Å². The van der Waals surface area contributed by atoms with Crippen molar-refractivity contribution < 1.29 is 14.5 Å². The fourth-order valence-electron chi connectivity index (χ4n) is 5.44. The molecule has 2 atom stereocenters. The van der Waals surface area contributed by atoms with Gasteiger partial charge in [0.05, 0.1) is 27.3 Å². The number of rotatable bonds is 3. The summed E-state index contributed by atoms with van der Waals surface area (Å²) in [7, 11) is 0. The Morgan fingerprint density at radius 2 is 1.69 bits per heavy atom. The Kier molecular flexibility index (Phi) is 4.27. The van der Waals surface area contributed by atoms with Crippen molar-refractivity contribution in [1.29, 1.82) is 0 Å². The normalized spacial score (nSPS) is 22.4. The molecule has 2 aliphatic carbocycles. The van der Waals surface area contributed by atoms with Crippen molar-refractivity contribution in [2.45, 2.75) is 38.0 Å². The van der Waals surface area contributed by atoms with Crippen LogP contribution in [0.2, 0.25) is 0 Å². The maximum atomic E-state index is 13.6. The first-order valence-electron chi connectivity index (χ1n) is 10.4. The summed E-state index contributed by atoms with van der Waals surface area (Å²) < 4.78 is 0. The minimum Gasteiger partial charge on any atom is -0.272 e. The molecule has 0 spiro atoms. The monoisotopic (exact) mass is 431 g/mol. The number of hydrogen-bond donors (Lipinski definition) is 2. The molecule has 1 saturated carbocycles. The van der Waals surface area contributed by atoms with E-state index in [1.165, 1.54) is 24.3 Å². The number of nitrogens with one attached hydrogen (secondary N) is 2. The van der Waals surface area contributed by atoms with Crippen molar-refractivity contribution in [1.82, 2.24) is 20.8 Å². The summed E-state index contributed by atoms with van der Waals surface area (Å²) in [4.78, 5) is 46.4. The number of hydrogen-bond acceptors (Lipinski definition) is 6. The number of hydrazine groups is 1. The van der Waals surface area contributed by atoms with E-state index in [4.69, 9.17) is 9.97 Å². The van der Waals surface area contributed by atoms with Gasteiger partial charge in [0, 0.05) is 12.0 Å². The Morgan fingerprint density at radius 3 is 2.41 bits per heavy atom. The SMILES string of the molecule is CC1(C)C2CCC1(C(=O)NNC(=O)c1ccccc1[N+](=O)[O-])c1nc3ccccc3nc12. The Bertz CT molecular complexity index is 1300. The third kappa shape index (κ3) is 2.57. The molecule has 1 aromatic heterocycles. The van der Waals surface area contributed by atoms with E-state index in [2.05, 4.69) is 10.9 Å². The third-order valence-corrected chi connectivity index (χ3v) is 7.13. The summed E-state index contributed by atoms with van der Waals surface area (Å²) in [6.07, 6.45) is 1.37. The predicted molar refractivity (Wildman–Crippen MR) is 116 cm³/mol. The first-order chi connectivity index (χ1) is 15.3. The van der Waals surface area contributed by atoms with Crippen LogP contribution in [0.3, 0.4) is 0 Å². The van der Waals surface area contributed by atoms with Gasteiger partial charge < -0.3 is 0 Å². The topological polar surface area (TPSA) is 127 Å². The third-order valence-electron chi connectivity index (χ3n) is 7.13. The Balaban J connectivity index is 1.48. The summed E-state index contributed by atoms with van der Waals surface area (Å²) in [5.41, 5.74) is 5.99. The highest BCUT2D eigenvalue weighted by molar-refractivity contribution is 6.00. The highest BCUT2D eigenvalue weighted by Crippen LogP contribution is 2.67. The number of benzene rings is 2. The van der Waals surface area contributed by atoms with Crippen molar-refractivity contribution in [2.24, 2.45) is 5.41 Å². The van der Waals surface area contributed by atoms with E-state index in [0.717, 1.165) is 17.6 Å². The van der Waals surface area contributed by atoms with Crippen LogP contribution < -0.4 is 10.9 Å². The predicted octanol–water partition coefficient (Wildman–Crippen LogP) is 3.15. The van der Waals surface area contributed by atoms with Gasteiger partial charge in [0.15, 0.2) is 0 Å². The van der Waals surface area contributed by atoms with Gasteiger partial charge in [-0.05, 0) is 36.5 Å². The van der Waals surface area contributed by atoms with E-state index in [1.54, 1.807) is 0 Å². The minimum atomic E-state index is -0.958. The van der Waals surface area contributed by atoms with Crippen LogP contribution in [0.25, 0.3) is 11.0 Å². The number of aromatic nitrogens is 2. The molecule has 9 heteroatoms. The molecule has 0 aliphatic heterocycles. The number of para-hydroxylation sites is 3. The quantitative estimate of drug-likeness (QED) is 0.484. The van der Waals surface area contributed by atoms with Gasteiger partial charge in [0.25, 0.3) is 17.5 Å².